The summed E-state index contributed by atoms with van der Waals surface area (Å²) in [6.07, 6.45) is 0. The Bertz CT molecular complexity index is 732. The highest BCUT2D eigenvalue weighted by molar-refractivity contribution is 14.0. The second-order valence-electron chi connectivity index (χ2n) is 7.41. The van der Waals surface area contributed by atoms with Gasteiger partial charge in [0.2, 0.25) is 0 Å². The lowest BCUT2D eigenvalue weighted by Gasteiger charge is -2.39. The summed E-state index contributed by atoms with van der Waals surface area (Å²) in [5.74, 6) is 0.917. The first kappa shape index (κ1) is 23.2. The van der Waals surface area contributed by atoms with Crippen molar-refractivity contribution in [1.82, 2.24) is 15.1 Å². The van der Waals surface area contributed by atoms with Gasteiger partial charge < -0.3 is 15.1 Å². The minimum absolute atomic E-state index is 0. The Labute approximate surface area is 175 Å². The molecule has 1 aromatic rings. The van der Waals surface area contributed by atoms with E-state index in [1.807, 2.05) is 11.0 Å². The molecule has 1 aliphatic heterocycles. The first-order chi connectivity index (χ1) is 11.7. The molecular formula is C18H31IN4O2S. The fraction of sp³-hybridized carbons (Fsp3) is 0.611. The van der Waals surface area contributed by atoms with E-state index in [2.05, 4.69) is 47.5 Å². The van der Waals surface area contributed by atoms with E-state index < -0.39 is 14.6 Å². The van der Waals surface area contributed by atoms with Gasteiger partial charge in [-0.1, -0.05) is 24.3 Å². The van der Waals surface area contributed by atoms with Crippen LogP contribution in [0.4, 0.5) is 0 Å². The number of halogens is 1. The number of sulfone groups is 1. The van der Waals surface area contributed by atoms with Gasteiger partial charge in [0.25, 0.3) is 0 Å². The van der Waals surface area contributed by atoms with Crippen molar-refractivity contribution in [2.24, 2.45) is 4.99 Å². The van der Waals surface area contributed by atoms with Gasteiger partial charge >= 0.3 is 0 Å². The van der Waals surface area contributed by atoms with E-state index in [1.54, 1.807) is 20.9 Å². The molecule has 6 nitrogen and oxygen atoms in total. The number of aliphatic imine (C=N–C) groups is 1. The Morgan fingerprint density at radius 1 is 1.27 bits per heavy atom. The number of hydrogen-bond acceptors (Lipinski definition) is 4. The van der Waals surface area contributed by atoms with E-state index in [1.165, 1.54) is 11.1 Å². The average Bonchev–Trinajstić information content (AvgIpc) is 2.52. The molecule has 148 valence electrons. The van der Waals surface area contributed by atoms with Crippen LogP contribution in [-0.4, -0.2) is 68.9 Å². The summed E-state index contributed by atoms with van der Waals surface area (Å²) in [5.41, 5.74) is 2.50. The van der Waals surface area contributed by atoms with Crippen molar-refractivity contribution in [2.75, 3.05) is 40.0 Å². The SMILES string of the molecule is CN=C(NCc1ccccc1CN(C)C)N1CCS(=O)(=O)C(C)(C)C1.I. The molecule has 0 saturated carbocycles. The minimum atomic E-state index is -3.05. The van der Waals surface area contributed by atoms with E-state index in [4.69, 9.17) is 0 Å². The predicted molar refractivity (Wildman–Crippen MR) is 119 cm³/mol. The van der Waals surface area contributed by atoms with Crippen LogP contribution in [0.2, 0.25) is 0 Å². The Morgan fingerprint density at radius 3 is 2.42 bits per heavy atom. The molecule has 0 radical (unpaired) electrons. The number of guanidine groups is 1. The number of hydrogen-bond donors (Lipinski definition) is 1. The molecule has 1 N–H and O–H groups in total. The first-order valence-electron chi connectivity index (χ1n) is 8.56. The summed E-state index contributed by atoms with van der Waals surface area (Å²) in [6, 6.07) is 8.34. The normalized spacial score (nSPS) is 19.2. The minimum Gasteiger partial charge on any atom is -0.352 e. The van der Waals surface area contributed by atoms with E-state index >= 15 is 0 Å². The lowest BCUT2D eigenvalue weighted by molar-refractivity contribution is 0.353. The second-order valence-corrected chi connectivity index (χ2v) is 10.2. The van der Waals surface area contributed by atoms with Crippen LogP contribution in [-0.2, 0) is 22.9 Å². The maximum atomic E-state index is 12.2. The Balaban J connectivity index is 0.00000338. The summed E-state index contributed by atoms with van der Waals surface area (Å²) in [5, 5.41) is 3.40. The molecule has 0 aliphatic carbocycles. The molecule has 1 aliphatic rings. The van der Waals surface area contributed by atoms with Crippen molar-refractivity contribution in [3.05, 3.63) is 35.4 Å². The Kier molecular flexibility index (Phi) is 8.34. The van der Waals surface area contributed by atoms with E-state index in [9.17, 15) is 8.42 Å². The second kappa shape index (κ2) is 9.36. The standard InChI is InChI=1S/C18H30N4O2S.HI/c1-18(2)14-22(10-11-25(18,23)24)17(19-3)20-12-15-8-6-7-9-16(15)13-21(4)5;/h6-9H,10-14H2,1-5H3,(H,19,20);1H. The van der Waals surface area contributed by atoms with Gasteiger partial charge in [-0.15, -0.1) is 24.0 Å². The molecular weight excluding hydrogens is 463 g/mol. The third-order valence-electron chi connectivity index (χ3n) is 4.60. The fourth-order valence-corrected chi connectivity index (χ4v) is 4.42. The van der Waals surface area contributed by atoms with Crippen LogP contribution in [0.15, 0.2) is 29.3 Å². The van der Waals surface area contributed by atoms with Gasteiger partial charge in [-0.05, 0) is 39.1 Å². The topological polar surface area (TPSA) is 65.0 Å². The Morgan fingerprint density at radius 2 is 1.88 bits per heavy atom. The van der Waals surface area contributed by atoms with Crippen LogP contribution < -0.4 is 5.32 Å². The highest BCUT2D eigenvalue weighted by atomic mass is 127. The lowest BCUT2D eigenvalue weighted by Crippen LogP contribution is -2.57. The highest BCUT2D eigenvalue weighted by Crippen LogP contribution is 2.23. The molecule has 2 rings (SSSR count). The summed E-state index contributed by atoms with van der Waals surface area (Å²) in [6.45, 7) is 6.05. The largest absolute Gasteiger partial charge is 0.352 e. The summed E-state index contributed by atoms with van der Waals surface area (Å²) >= 11 is 0. The maximum absolute atomic E-state index is 12.2. The zero-order valence-electron chi connectivity index (χ0n) is 16.3. The molecule has 1 heterocycles. The van der Waals surface area contributed by atoms with Crippen molar-refractivity contribution >= 4 is 39.8 Å². The summed E-state index contributed by atoms with van der Waals surface area (Å²) in [4.78, 5) is 8.54. The van der Waals surface area contributed by atoms with Crippen LogP contribution in [0.1, 0.15) is 25.0 Å². The number of benzene rings is 1. The van der Waals surface area contributed by atoms with Gasteiger partial charge in [0.1, 0.15) is 0 Å². The molecule has 8 heteroatoms. The molecule has 26 heavy (non-hydrogen) atoms. The van der Waals surface area contributed by atoms with Gasteiger partial charge in [0, 0.05) is 33.2 Å². The zero-order chi connectivity index (χ0) is 18.7. The molecule has 1 aromatic carbocycles. The third kappa shape index (κ3) is 5.56. The van der Waals surface area contributed by atoms with Crippen molar-refractivity contribution in [2.45, 2.75) is 31.7 Å². The van der Waals surface area contributed by atoms with E-state index in [-0.39, 0.29) is 29.7 Å². The zero-order valence-corrected chi connectivity index (χ0v) is 19.5. The first-order valence-corrected chi connectivity index (χ1v) is 10.2. The maximum Gasteiger partial charge on any atom is 0.193 e. The summed E-state index contributed by atoms with van der Waals surface area (Å²) in [7, 11) is 2.80. The Hall–Kier alpha value is -0.870. The van der Waals surface area contributed by atoms with Crippen LogP contribution in [0.3, 0.4) is 0 Å². The summed E-state index contributed by atoms with van der Waals surface area (Å²) < 4.78 is 23.6. The third-order valence-corrected chi connectivity index (χ3v) is 7.13. The van der Waals surface area contributed by atoms with Crippen LogP contribution in [0.5, 0.6) is 0 Å². The van der Waals surface area contributed by atoms with Gasteiger partial charge in [0.05, 0.1) is 10.5 Å². The van der Waals surface area contributed by atoms with Gasteiger partial charge in [0.15, 0.2) is 15.8 Å². The van der Waals surface area contributed by atoms with Gasteiger partial charge in [-0.3, -0.25) is 4.99 Å². The quantitative estimate of drug-likeness (QED) is 0.394. The lowest BCUT2D eigenvalue weighted by atomic mass is 10.1. The molecule has 0 unspecified atom stereocenters. The van der Waals surface area contributed by atoms with Gasteiger partial charge in [-0.2, -0.15) is 0 Å². The highest BCUT2D eigenvalue weighted by Gasteiger charge is 2.40. The van der Waals surface area contributed by atoms with E-state index in [0.29, 0.717) is 19.6 Å². The van der Waals surface area contributed by atoms with Crippen LogP contribution >= 0.6 is 24.0 Å². The monoisotopic (exact) mass is 494 g/mol. The number of rotatable bonds is 4. The predicted octanol–water partition coefficient (Wildman–Crippen LogP) is 1.95. The average molecular weight is 494 g/mol. The fourth-order valence-electron chi connectivity index (χ4n) is 3.06. The van der Waals surface area contributed by atoms with Crippen molar-refractivity contribution in [3.8, 4) is 0 Å². The molecule has 0 atom stereocenters. The van der Waals surface area contributed by atoms with Crippen molar-refractivity contribution < 1.29 is 8.42 Å². The molecule has 0 bridgehead atoms. The van der Waals surface area contributed by atoms with Crippen molar-refractivity contribution in [1.29, 1.82) is 0 Å². The van der Waals surface area contributed by atoms with Crippen molar-refractivity contribution in [3.63, 3.8) is 0 Å². The van der Waals surface area contributed by atoms with Crippen LogP contribution in [0.25, 0.3) is 0 Å². The number of nitrogens with one attached hydrogen (secondary N) is 1. The molecule has 0 spiro atoms. The molecule has 0 aromatic heterocycles. The number of nitrogens with zero attached hydrogens (tertiary/aromatic N) is 3. The smallest absolute Gasteiger partial charge is 0.193 e. The van der Waals surface area contributed by atoms with Gasteiger partial charge in [-0.25, -0.2) is 8.42 Å². The van der Waals surface area contributed by atoms with Crippen LogP contribution in [0, 0.1) is 0 Å². The molecule has 1 fully saturated rings. The molecule has 0 amide bonds. The molecule has 1 saturated heterocycles. The van der Waals surface area contributed by atoms with E-state index in [0.717, 1.165) is 12.5 Å².